The zero-order valence-electron chi connectivity index (χ0n) is 18.5. The number of anilines is 3. The molecule has 0 amide bonds. The van der Waals surface area contributed by atoms with Gasteiger partial charge in [0.15, 0.2) is 0 Å². The Kier molecular flexibility index (Phi) is 6.80. The number of carboxylic acids is 1. The average Bonchev–Trinajstić information content (AvgIpc) is 3.38. The van der Waals surface area contributed by atoms with Crippen LogP contribution in [0.4, 0.5) is 25.8 Å². The largest absolute Gasteiger partial charge is 0.481 e. The van der Waals surface area contributed by atoms with Gasteiger partial charge >= 0.3 is 5.97 Å². The molecule has 0 aliphatic carbocycles. The number of alkyl halides is 2. The molecule has 0 radical (unpaired) electrons. The molecule has 3 unspecified atom stereocenters. The van der Waals surface area contributed by atoms with Crippen LogP contribution in [0.3, 0.4) is 0 Å². The van der Waals surface area contributed by atoms with Gasteiger partial charge in [-0.3, -0.25) is 9.69 Å². The van der Waals surface area contributed by atoms with E-state index in [4.69, 9.17) is 5.26 Å². The first-order valence-corrected chi connectivity index (χ1v) is 11.3. The highest BCUT2D eigenvalue weighted by Gasteiger charge is 2.44. The van der Waals surface area contributed by atoms with Crippen molar-refractivity contribution in [2.24, 2.45) is 0 Å². The first-order valence-electron chi connectivity index (χ1n) is 11.3. The molecule has 2 aromatic rings. The number of nitrogens with one attached hydrogen (secondary N) is 1. The summed E-state index contributed by atoms with van der Waals surface area (Å²) in [5.74, 6) is -0.932. The maximum absolute atomic E-state index is 12.9. The topological polar surface area (TPSA) is 79.6 Å². The van der Waals surface area contributed by atoms with Crippen LogP contribution in [0.15, 0.2) is 42.5 Å². The van der Waals surface area contributed by atoms with Gasteiger partial charge in [-0.1, -0.05) is 13.0 Å². The number of hydrogen-bond donors (Lipinski definition) is 2. The molecule has 4 rings (SSSR count). The van der Waals surface area contributed by atoms with Crippen molar-refractivity contribution in [3.63, 3.8) is 0 Å². The summed E-state index contributed by atoms with van der Waals surface area (Å²) in [6.45, 7) is 3.10. The molecule has 2 N–H and O–H groups in total. The summed E-state index contributed by atoms with van der Waals surface area (Å²) in [7, 11) is 0. The van der Waals surface area contributed by atoms with Crippen LogP contribution in [0.25, 0.3) is 0 Å². The van der Waals surface area contributed by atoms with Gasteiger partial charge < -0.3 is 15.3 Å². The smallest absolute Gasteiger partial charge is 0.303 e. The Balaban J connectivity index is 1.63. The lowest BCUT2D eigenvalue weighted by molar-refractivity contribution is -0.137. The van der Waals surface area contributed by atoms with Crippen molar-refractivity contribution in [2.45, 2.75) is 50.6 Å². The fourth-order valence-electron chi connectivity index (χ4n) is 5.10. The Hall–Kier alpha value is -3.18. The van der Waals surface area contributed by atoms with Crippen molar-refractivity contribution in [1.29, 1.82) is 5.26 Å². The van der Waals surface area contributed by atoms with Crippen LogP contribution in [0, 0.1) is 11.3 Å². The fraction of sp³-hybridized carbons (Fsp3) is 0.440. The molecule has 8 heteroatoms. The number of piperazine rings is 1. The van der Waals surface area contributed by atoms with E-state index in [0.29, 0.717) is 25.1 Å². The van der Waals surface area contributed by atoms with Crippen LogP contribution in [0.2, 0.25) is 0 Å². The second kappa shape index (κ2) is 9.75. The van der Waals surface area contributed by atoms with Crippen LogP contribution in [0.1, 0.15) is 43.2 Å². The molecule has 2 aliphatic rings. The minimum atomic E-state index is -2.33. The van der Waals surface area contributed by atoms with Crippen molar-refractivity contribution >= 4 is 23.0 Å². The number of rotatable bonds is 9. The maximum Gasteiger partial charge on any atom is 0.303 e. The molecule has 2 aliphatic heterocycles. The van der Waals surface area contributed by atoms with Gasteiger partial charge in [0.05, 0.1) is 36.0 Å². The van der Waals surface area contributed by atoms with Crippen LogP contribution in [0.5, 0.6) is 0 Å². The van der Waals surface area contributed by atoms with E-state index in [9.17, 15) is 18.7 Å². The van der Waals surface area contributed by atoms with Gasteiger partial charge in [0.2, 0.25) is 0 Å². The van der Waals surface area contributed by atoms with E-state index in [1.54, 1.807) is 12.1 Å². The molecular formula is C25H28F2N4O2. The average molecular weight is 455 g/mol. The summed E-state index contributed by atoms with van der Waals surface area (Å²) < 4.78 is 25.8. The molecule has 174 valence electrons. The standard InChI is InChI=1S/C25H28F2N4O2/c1-2-17(10-25(32)33)18-5-8-23(22(9-18)29-19-6-3-16(12-28)4-7-19)31-14-20-11-21(31)13-30(20)15-24(26)27/h3-9,17,20-21,24,29H,2,10-11,13-15H2,1H3,(H,32,33). The second-order valence-corrected chi connectivity index (χ2v) is 8.83. The molecule has 6 nitrogen and oxygen atoms in total. The summed E-state index contributed by atoms with van der Waals surface area (Å²) >= 11 is 0. The molecule has 0 aromatic heterocycles. The lowest BCUT2D eigenvalue weighted by Gasteiger charge is -2.36. The number of carboxylic acid groups (broad SMARTS) is 1. The van der Waals surface area contributed by atoms with Crippen molar-refractivity contribution in [2.75, 3.05) is 29.9 Å². The van der Waals surface area contributed by atoms with E-state index < -0.39 is 12.4 Å². The summed E-state index contributed by atoms with van der Waals surface area (Å²) in [6, 6.07) is 15.6. The number of nitriles is 1. The van der Waals surface area contributed by atoms with Crippen LogP contribution < -0.4 is 10.2 Å². The SMILES string of the molecule is CCC(CC(=O)O)c1ccc(N2CC3CC2CN3CC(F)F)c(Nc2ccc(C#N)cc2)c1. The first kappa shape index (κ1) is 23.0. The quantitative estimate of drug-likeness (QED) is 0.567. The van der Waals surface area contributed by atoms with Crippen molar-refractivity contribution < 1.29 is 18.7 Å². The molecule has 2 saturated heterocycles. The highest BCUT2D eigenvalue weighted by Crippen LogP contribution is 2.41. The first-order chi connectivity index (χ1) is 15.9. The van der Waals surface area contributed by atoms with E-state index in [0.717, 1.165) is 29.0 Å². The number of benzene rings is 2. The molecule has 2 bridgehead atoms. The molecule has 3 atom stereocenters. The zero-order valence-corrected chi connectivity index (χ0v) is 18.5. The maximum atomic E-state index is 12.9. The second-order valence-electron chi connectivity index (χ2n) is 8.83. The number of likely N-dealkylation sites (tertiary alicyclic amines) is 1. The predicted molar refractivity (Wildman–Crippen MR) is 123 cm³/mol. The van der Waals surface area contributed by atoms with Crippen LogP contribution >= 0.6 is 0 Å². The van der Waals surface area contributed by atoms with Gasteiger partial charge in [0.1, 0.15) is 0 Å². The van der Waals surface area contributed by atoms with Crippen LogP contribution in [-0.2, 0) is 4.79 Å². The normalized spacial score (nSPS) is 20.8. The molecular weight excluding hydrogens is 426 g/mol. The number of nitrogens with zero attached hydrogens (tertiary/aromatic N) is 3. The van der Waals surface area contributed by atoms with E-state index in [-0.39, 0.29) is 31.0 Å². The molecule has 2 heterocycles. The van der Waals surface area contributed by atoms with Gasteiger partial charge in [-0.15, -0.1) is 0 Å². The van der Waals surface area contributed by atoms with E-state index in [1.807, 2.05) is 42.2 Å². The van der Waals surface area contributed by atoms with Gasteiger partial charge in [0.25, 0.3) is 6.43 Å². The highest BCUT2D eigenvalue weighted by molar-refractivity contribution is 5.78. The number of fused-ring (bicyclic) bond motifs is 2. The molecule has 0 saturated carbocycles. The lowest BCUT2D eigenvalue weighted by Crippen LogP contribution is -2.48. The third-order valence-corrected chi connectivity index (χ3v) is 6.73. The molecule has 0 spiro atoms. The summed E-state index contributed by atoms with van der Waals surface area (Å²) in [6.07, 6.45) is -0.699. The Morgan fingerprint density at radius 3 is 2.55 bits per heavy atom. The number of halogens is 2. The van der Waals surface area contributed by atoms with Crippen LogP contribution in [-0.4, -0.2) is 54.1 Å². The van der Waals surface area contributed by atoms with E-state index >= 15 is 0 Å². The Labute approximate surface area is 192 Å². The molecule has 2 aromatic carbocycles. The number of carbonyl (C=O) groups is 1. The Bertz CT molecular complexity index is 1040. The monoisotopic (exact) mass is 454 g/mol. The fourth-order valence-corrected chi connectivity index (χ4v) is 5.10. The molecule has 2 fully saturated rings. The van der Waals surface area contributed by atoms with Gasteiger partial charge in [-0.25, -0.2) is 8.78 Å². The van der Waals surface area contributed by atoms with Gasteiger partial charge in [-0.05, 0) is 60.7 Å². The van der Waals surface area contributed by atoms with Gasteiger partial charge in [-0.2, -0.15) is 5.26 Å². The number of hydrogen-bond acceptors (Lipinski definition) is 5. The summed E-state index contributed by atoms with van der Waals surface area (Å²) in [5.41, 5.74) is 4.18. The lowest BCUT2D eigenvalue weighted by atomic mass is 9.92. The third kappa shape index (κ3) is 5.09. The summed E-state index contributed by atoms with van der Waals surface area (Å²) in [4.78, 5) is 15.5. The van der Waals surface area contributed by atoms with Crippen molar-refractivity contribution in [3.8, 4) is 6.07 Å². The molecule has 33 heavy (non-hydrogen) atoms. The number of aliphatic carboxylic acids is 1. The van der Waals surface area contributed by atoms with Crippen molar-refractivity contribution in [1.82, 2.24) is 4.90 Å². The minimum Gasteiger partial charge on any atom is -0.481 e. The van der Waals surface area contributed by atoms with E-state index in [1.165, 1.54) is 0 Å². The Morgan fingerprint density at radius 2 is 1.97 bits per heavy atom. The van der Waals surface area contributed by atoms with E-state index in [2.05, 4.69) is 16.3 Å². The third-order valence-electron chi connectivity index (χ3n) is 6.73. The zero-order chi connectivity index (χ0) is 23.5. The predicted octanol–water partition coefficient (Wildman–Crippen LogP) is 4.80. The minimum absolute atomic E-state index is 0.0587. The summed E-state index contributed by atoms with van der Waals surface area (Å²) in [5, 5.41) is 21.8. The van der Waals surface area contributed by atoms with Gasteiger partial charge in [0, 0.05) is 30.9 Å². The highest BCUT2D eigenvalue weighted by atomic mass is 19.3. The Morgan fingerprint density at radius 1 is 1.21 bits per heavy atom. The van der Waals surface area contributed by atoms with Crippen molar-refractivity contribution in [3.05, 3.63) is 53.6 Å².